The molecule has 7 heteroatoms. The number of hydrogen-bond acceptors (Lipinski definition) is 5. The molecule has 0 unspecified atom stereocenters. The molecule has 27 heavy (non-hydrogen) atoms. The van der Waals surface area contributed by atoms with Crippen molar-refractivity contribution in [3.8, 4) is 11.4 Å². The molecule has 0 radical (unpaired) electrons. The van der Waals surface area contributed by atoms with Crippen molar-refractivity contribution in [2.75, 3.05) is 7.05 Å². The van der Waals surface area contributed by atoms with E-state index in [-0.39, 0.29) is 17.3 Å². The Morgan fingerprint density at radius 1 is 1.04 bits per heavy atom. The summed E-state index contributed by atoms with van der Waals surface area (Å²) in [5.41, 5.74) is 3.06. The molecule has 0 atom stereocenters. The van der Waals surface area contributed by atoms with E-state index in [4.69, 9.17) is 4.52 Å². The fourth-order valence-corrected chi connectivity index (χ4v) is 3.74. The predicted octanol–water partition coefficient (Wildman–Crippen LogP) is 3.99. The lowest BCUT2D eigenvalue weighted by molar-refractivity contribution is 0.337. The van der Waals surface area contributed by atoms with Crippen molar-refractivity contribution in [1.29, 1.82) is 0 Å². The van der Waals surface area contributed by atoms with E-state index in [0.717, 1.165) is 11.1 Å². The number of aromatic nitrogens is 2. The summed E-state index contributed by atoms with van der Waals surface area (Å²) < 4.78 is 31.8. The minimum Gasteiger partial charge on any atom is -0.338 e. The predicted molar refractivity (Wildman–Crippen MR) is 104 cm³/mol. The molecule has 3 aromatic rings. The van der Waals surface area contributed by atoms with Crippen molar-refractivity contribution < 1.29 is 12.9 Å². The monoisotopic (exact) mass is 385 g/mol. The molecule has 1 heterocycles. The molecular weight excluding hydrogens is 362 g/mol. The molecule has 0 spiro atoms. The first kappa shape index (κ1) is 19.3. The van der Waals surface area contributed by atoms with Crippen molar-refractivity contribution in [3.63, 3.8) is 0 Å². The topological polar surface area (TPSA) is 76.3 Å². The van der Waals surface area contributed by atoms with Crippen LogP contribution >= 0.6 is 0 Å². The second-order valence-electron chi connectivity index (χ2n) is 6.86. The average Bonchev–Trinajstić information content (AvgIpc) is 3.10. The highest BCUT2D eigenvalue weighted by Gasteiger charge is 2.23. The van der Waals surface area contributed by atoms with Gasteiger partial charge in [0.15, 0.2) is 0 Å². The number of hydrogen-bond donors (Lipinski definition) is 0. The van der Waals surface area contributed by atoms with E-state index < -0.39 is 10.0 Å². The van der Waals surface area contributed by atoms with E-state index in [2.05, 4.69) is 24.0 Å². The fraction of sp³-hybridized carbons (Fsp3) is 0.300. The summed E-state index contributed by atoms with van der Waals surface area (Å²) in [6, 6.07) is 14.7. The Bertz CT molecular complexity index is 1010. The van der Waals surface area contributed by atoms with Gasteiger partial charge in [-0.1, -0.05) is 61.0 Å². The molecule has 0 amide bonds. The second kappa shape index (κ2) is 7.62. The molecule has 0 saturated heterocycles. The molecule has 0 aliphatic heterocycles. The number of nitrogens with zero attached hydrogens (tertiary/aromatic N) is 3. The maximum Gasteiger partial charge on any atom is 0.243 e. The molecule has 0 aliphatic carbocycles. The van der Waals surface area contributed by atoms with E-state index in [9.17, 15) is 8.42 Å². The highest BCUT2D eigenvalue weighted by Crippen LogP contribution is 2.22. The van der Waals surface area contributed by atoms with Crippen LogP contribution in [0.4, 0.5) is 0 Å². The van der Waals surface area contributed by atoms with Gasteiger partial charge in [-0.25, -0.2) is 8.42 Å². The summed E-state index contributed by atoms with van der Waals surface area (Å²) in [6.07, 6.45) is 0. The van der Waals surface area contributed by atoms with Gasteiger partial charge < -0.3 is 4.52 Å². The maximum absolute atomic E-state index is 12.7. The van der Waals surface area contributed by atoms with Crippen LogP contribution in [-0.4, -0.2) is 29.9 Å². The number of benzene rings is 2. The first-order valence-corrected chi connectivity index (χ1v) is 10.2. The highest BCUT2D eigenvalue weighted by atomic mass is 32.2. The molecule has 2 aromatic carbocycles. The van der Waals surface area contributed by atoms with Crippen molar-refractivity contribution in [1.82, 2.24) is 14.4 Å². The third-order valence-electron chi connectivity index (χ3n) is 4.39. The molecular formula is C20H23N3O3S. The molecule has 0 bridgehead atoms. The Hall–Kier alpha value is -2.51. The number of aryl methyl sites for hydroxylation is 1. The van der Waals surface area contributed by atoms with Crippen LogP contribution in [0.3, 0.4) is 0 Å². The lowest BCUT2D eigenvalue weighted by Gasteiger charge is -2.15. The van der Waals surface area contributed by atoms with Crippen LogP contribution in [0.25, 0.3) is 11.4 Å². The molecule has 0 N–H and O–H groups in total. The van der Waals surface area contributed by atoms with Gasteiger partial charge in [0.05, 0.1) is 11.4 Å². The van der Waals surface area contributed by atoms with Crippen molar-refractivity contribution >= 4 is 10.0 Å². The van der Waals surface area contributed by atoms with E-state index in [1.165, 1.54) is 16.9 Å². The Morgan fingerprint density at radius 3 is 2.26 bits per heavy atom. The molecule has 6 nitrogen and oxygen atoms in total. The van der Waals surface area contributed by atoms with Crippen molar-refractivity contribution in [2.45, 2.75) is 38.1 Å². The van der Waals surface area contributed by atoms with Gasteiger partial charge in [-0.3, -0.25) is 0 Å². The molecule has 1 aromatic heterocycles. The van der Waals surface area contributed by atoms with Gasteiger partial charge in [0.2, 0.25) is 21.7 Å². The second-order valence-corrected chi connectivity index (χ2v) is 8.91. The lowest BCUT2D eigenvalue weighted by atomic mass is 10.0. The SMILES string of the molecule is Cc1ccc(S(=O)(=O)N(C)Cc2nc(-c3ccc(C(C)C)cc3)no2)cc1. The normalized spacial score (nSPS) is 12.1. The molecule has 3 rings (SSSR count). The Kier molecular flexibility index (Phi) is 5.43. The molecule has 0 aliphatic rings. The summed E-state index contributed by atoms with van der Waals surface area (Å²) in [7, 11) is -2.12. The Morgan fingerprint density at radius 2 is 1.67 bits per heavy atom. The summed E-state index contributed by atoms with van der Waals surface area (Å²) in [4.78, 5) is 4.57. The van der Waals surface area contributed by atoms with Gasteiger partial charge in [0.25, 0.3) is 0 Å². The minimum absolute atomic E-state index is 0.00723. The Labute approximate surface area is 159 Å². The summed E-state index contributed by atoms with van der Waals surface area (Å²) in [5, 5.41) is 3.97. The smallest absolute Gasteiger partial charge is 0.243 e. The lowest BCUT2D eigenvalue weighted by Crippen LogP contribution is -2.26. The molecule has 0 fully saturated rings. The van der Waals surface area contributed by atoms with E-state index in [0.29, 0.717) is 11.7 Å². The van der Waals surface area contributed by atoms with Gasteiger partial charge in [-0.15, -0.1) is 0 Å². The van der Waals surface area contributed by atoms with Gasteiger partial charge in [0, 0.05) is 12.6 Å². The fourth-order valence-electron chi connectivity index (χ4n) is 2.62. The number of rotatable bonds is 6. The van der Waals surface area contributed by atoms with Crippen molar-refractivity contribution in [3.05, 3.63) is 65.5 Å². The standard InChI is InChI=1S/C20H23N3O3S/c1-14(2)16-7-9-17(10-8-16)20-21-19(26-22-20)13-23(4)27(24,25)18-11-5-15(3)6-12-18/h5-12,14H,13H2,1-4H3. The Balaban J connectivity index is 1.75. The van der Waals surface area contributed by atoms with Crippen LogP contribution in [0.15, 0.2) is 57.9 Å². The van der Waals surface area contributed by atoms with E-state index in [1.807, 2.05) is 31.2 Å². The van der Waals surface area contributed by atoms with E-state index >= 15 is 0 Å². The largest absolute Gasteiger partial charge is 0.338 e. The zero-order valence-electron chi connectivity index (χ0n) is 15.9. The number of sulfonamides is 1. The third-order valence-corrected chi connectivity index (χ3v) is 6.21. The zero-order chi connectivity index (χ0) is 19.6. The van der Waals surface area contributed by atoms with Crippen LogP contribution in [0, 0.1) is 6.92 Å². The maximum atomic E-state index is 12.7. The quantitative estimate of drug-likeness (QED) is 0.641. The highest BCUT2D eigenvalue weighted by molar-refractivity contribution is 7.89. The van der Waals surface area contributed by atoms with Crippen LogP contribution in [0.5, 0.6) is 0 Å². The van der Waals surface area contributed by atoms with Crippen LogP contribution in [-0.2, 0) is 16.6 Å². The summed E-state index contributed by atoms with van der Waals surface area (Å²) in [5.74, 6) is 1.14. The van der Waals surface area contributed by atoms with Crippen molar-refractivity contribution in [2.24, 2.45) is 0 Å². The van der Waals surface area contributed by atoms with Gasteiger partial charge in [0.1, 0.15) is 0 Å². The van der Waals surface area contributed by atoms with E-state index in [1.54, 1.807) is 24.3 Å². The average molecular weight is 385 g/mol. The third kappa shape index (κ3) is 4.26. The summed E-state index contributed by atoms with van der Waals surface area (Å²) in [6.45, 7) is 6.18. The molecule has 142 valence electrons. The zero-order valence-corrected chi connectivity index (χ0v) is 16.7. The van der Waals surface area contributed by atoms with Gasteiger partial charge in [-0.05, 0) is 30.5 Å². The van der Waals surface area contributed by atoms with Gasteiger partial charge >= 0.3 is 0 Å². The summed E-state index contributed by atoms with van der Waals surface area (Å²) >= 11 is 0. The van der Waals surface area contributed by atoms with Gasteiger partial charge in [-0.2, -0.15) is 9.29 Å². The van der Waals surface area contributed by atoms with Crippen LogP contribution in [0.2, 0.25) is 0 Å². The minimum atomic E-state index is -3.62. The first-order valence-electron chi connectivity index (χ1n) is 8.73. The first-order chi connectivity index (χ1) is 12.8. The van der Waals surface area contributed by atoms with Crippen LogP contribution in [0.1, 0.15) is 36.8 Å². The molecule has 0 saturated carbocycles. The van der Waals surface area contributed by atoms with Crippen LogP contribution < -0.4 is 0 Å².